The van der Waals surface area contributed by atoms with Gasteiger partial charge in [0.15, 0.2) is 12.2 Å². The Kier molecular flexibility index (Phi) is 13.1. The summed E-state index contributed by atoms with van der Waals surface area (Å²) in [5.41, 5.74) is 0.729. The van der Waals surface area contributed by atoms with Gasteiger partial charge >= 0.3 is 31.6 Å². The van der Waals surface area contributed by atoms with Crippen molar-refractivity contribution in [2.45, 2.75) is 77.9 Å². The zero-order valence-electron chi connectivity index (χ0n) is 28.1. The topological polar surface area (TPSA) is 191 Å². The van der Waals surface area contributed by atoms with E-state index in [1.54, 1.807) is 48.5 Å². The average Bonchev–Trinajstić information content (AvgIpc) is 3.05. The second-order valence-electron chi connectivity index (χ2n) is 11.3. The van der Waals surface area contributed by atoms with Crippen molar-refractivity contribution in [2.75, 3.05) is 6.61 Å². The molecule has 1 amide bonds. The van der Waals surface area contributed by atoms with Gasteiger partial charge in [0.25, 0.3) is 0 Å². The Labute approximate surface area is 288 Å². The van der Waals surface area contributed by atoms with Crippen molar-refractivity contribution in [1.29, 1.82) is 0 Å². The van der Waals surface area contributed by atoms with Gasteiger partial charge in [0, 0.05) is 33.1 Å². The van der Waals surface area contributed by atoms with Crippen LogP contribution in [0.5, 0.6) is 5.75 Å². The van der Waals surface area contributed by atoms with E-state index in [0.717, 1.165) is 31.7 Å². The van der Waals surface area contributed by atoms with Gasteiger partial charge in [-0.15, -0.1) is 0 Å². The number of carbonyl (C=O) groups is 5. The summed E-state index contributed by atoms with van der Waals surface area (Å²) in [6, 6.07) is 18.6. The predicted molar refractivity (Wildman–Crippen MR) is 176 cm³/mol. The normalized spacial score (nSPS) is 21.9. The molecule has 3 aromatic rings. The number of ether oxygens (including phenoxy) is 5. The summed E-state index contributed by atoms with van der Waals surface area (Å²) < 4.78 is 54.0. The van der Waals surface area contributed by atoms with Gasteiger partial charge in [0.1, 0.15) is 30.5 Å². The van der Waals surface area contributed by atoms with Gasteiger partial charge in [-0.25, -0.2) is 4.57 Å². The molecule has 7 atom stereocenters. The van der Waals surface area contributed by atoms with Crippen molar-refractivity contribution < 1.29 is 61.3 Å². The number of hydrogen-bond donors (Lipinski definition) is 2. The molecule has 0 aliphatic carbocycles. The van der Waals surface area contributed by atoms with Gasteiger partial charge in [-0.05, 0) is 23.9 Å². The van der Waals surface area contributed by atoms with Crippen molar-refractivity contribution >= 4 is 48.3 Å². The lowest BCUT2D eigenvalue weighted by Crippen LogP contribution is -2.66. The minimum absolute atomic E-state index is 0.0500. The number of nitrogens with one attached hydrogen (secondary N) is 2. The molecule has 1 saturated heterocycles. The van der Waals surface area contributed by atoms with Gasteiger partial charge in [0.2, 0.25) is 12.2 Å². The number of fused-ring (bicyclic) bond motifs is 1. The lowest BCUT2D eigenvalue weighted by molar-refractivity contribution is -0.268. The summed E-state index contributed by atoms with van der Waals surface area (Å²) >= 11 is 0. The van der Waals surface area contributed by atoms with Crippen LogP contribution in [0.15, 0.2) is 72.8 Å². The highest BCUT2D eigenvalue weighted by atomic mass is 31.2. The van der Waals surface area contributed by atoms with Crippen LogP contribution in [-0.2, 0) is 63.4 Å². The van der Waals surface area contributed by atoms with E-state index in [9.17, 15) is 28.5 Å². The first-order valence-corrected chi connectivity index (χ1v) is 17.1. The summed E-state index contributed by atoms with van der Waals surface area (Å²) in [6.07, 6.45) is -5.92. The first kappa shape index (κ1) is 38.0. The highest BCUT2D eigenvalue weighted by Crippen LogP contribution is 2.47. The molecule has 1 aliphatic rings. The zero-order valence-corrected chi connectivity index (χ0v) is 29.0. The fourth-order valence-electron chi connectivity index (χ4n) is 5.17. The molecule has 0 radical (unpaired) electrons. The van der Waals surface area contributed by atoms with E-state index in [0.29, 0.717) is 5.39 Å². The summed E-state index contributed by atoms with van der Waals surface area (Å²) in [4.78, 5) is 61.6. The highest BCUT2D eigenvalue weighted by molar-refractivity contribution is 7.52. The summed E-state index contributed by atoms with van der Waals surface area (Å²) in [5, 5.41) is 6.45. The van der Waals surface area contributed by atoms with E-state index in [1.807, 2.05) is 24.3 Å². The molecule has 2 N–H and O–H groups in total. The number of hydrogen-bond acceptors (Lipinski definition) is 13. The molecule has 16 heteroatoms. The number of rotatable bonds is 14. The van der Waals surface area contributed by atoms with E-state index >= 15 is 0 Å². The average molecular weight is 715 g/mol. The quantitative estimate of drug-likeness (QED) is 0.140. The molecule has 4 rings (SSSR count). The smallest absolute Gasteiger partial charge is 0.459 e. The fraction of sp³-hybridized carbons (Fsp3) is 0.382. The van der Waals surface area contributed by atoms with Crippen LogP contribution in [0.2, 0.25) is 0 Å². The summed E-state index contributed by atoms with van der Waals surface area (Å²) in [7, 11) is -4.57. The zero-order chi connectivity index (χ0) is 36.4. The third-order valence-electron chi connectivity index (χ3n) is 7.21. The van der Waals surface area contributed by atoms with Crippen molar-refractivity contribution in [3.05, 3.63) is 78.4 Å². The van der Waals surface area contributed by atoms with Gasteiger partial charge in [-0.1, -0.05) is 66.7 Å². The molecule has 0 spiro atoms. The molecule has 1 heterocycles. The van der Waals surface area contributed by atoms with Gasteiger partial charge in [0.05, 0.1) is 6.61 Å². The lowest BCUT2D eigenvalue weighted by Gasteiger charge is -2.44. The van der Waals surface area contributed by atoms with Crippen LogP contribution < -0.4 is 14.9 Å². The van der Waals surface area contributed by atoms with Crippen LogP contribution in [0, 0.1) is 0 Å². The second kappa shape index (κ2) is 17.2. The van der Waals surface area contributed by atoms with Crippen molar-refractivity contribution in [2.24, 2.45) is 0 Å². The molecule has 3 aromatic carbocycles. The van der Waals surface area contributed by atoms with Crippen LogP contribution in [0.3, 0.4) is 0 Å². The third kappa shape index (κ3) is 10.6. The number of benzene rings is 3. The van der Waals surface area contributed by atoms with Crippen LogP contribution in [0.4, 0.5) is 0 Å². The third-order valence-corrected chi connectivity index (χ3v) is 8.84. The van der Waals surface area contributed by atoms with Crippen molar-refractivity contribution in [1.82, 2.24) is 10.4 Å². The molecular formula is C34H39N2O13P. The standard InChI is InChI=1S/C34H39N2O13P/c1-20(33(41)43-18-25-12-7-6-8-13-25)36-50(42,49-28-17-11-15-26-14-9-10-16-27(26)28)44-19-29-31(45-22(3)38)32(46-23(4)39)30(35-21(2)37)34(48-29)47-24(5)40/h6-17,20,29-32,34H,18-19H2,1-5H3,(H,35,37)(H,36,42)/t20-,29+,30-,31+,32+,34?,50?/m0/s1. The molecule has 268 valence electrons. The Balaban J connectivity index is 1.66. The van der Waals surface area contributed by atoms with E-state index in [-0.39, 0.29) is 12.4 Å². The second-order valence-corrected chi connectivity index (χ2v) is 13.0. The maximum atomic E-state index is 14.6. The minimum atomic E-state index is -4.57. The first-order chi connectivity index (χ1) is 23.7. The summed E-state index contributed by atoms with van der Waals surface area (Å²) in [5.74, 6) is -3.68. The fourth-order valence-corrected chi connectivity index (χ4v) is 6.69. The Morgan fingerprint density at radius 3 is 2.08 bits per heavy atom. The van der Waals surface area contributed by atoms with Crippen molar-refractivity contribution in [3.8, 4) is 5.75 Å². The molecule has 0 saturated carbocycles. The molecule has 0 aromatic heterocycles. The lowest BCUT2D eigenvalue weighted by atomic mass is 9.96. The van der Waals surface area contributed by atoms with Gasteiger partial charge < -0.3 is 33.5 Å². The van der Waals surface area contributed by atoms with E-state index in [4.69, 9.17) is 32.7 Å². The van der Waals surface area contributed by atoms with Gasteiger partial charge in [-0.2, -0.15) is 5.09 Å². The van der Waals surface area contributed by atoms with Crippen LogP contribution in [-0.4, -0.2) is 73.1 Å². The van der Waals surface area contributed by atoms with E-state index < -0.39 is 80.8 Å². The predicted octanol–water partition coefficient (Wildman–Crippen LogP) is 3.72. The highest BCUT2D eigenvalue weighted by Gasteiger charge is 2.52. The Morgan fingerprint density at radius 2 is 1.42 bits per heavy atom. The summed E-state index contributed by atoms with van der Waals surface area (Å²) in [6.45, 7) is 5.10. The molecular weight excluding hydrogens is 675 g/mol. The Morgan fingerprint density at radius 1 is 0.800 bits per heavy atom. The van der Waals surface area contributed by atoms with E-state index in [1.165, 1.54) is 13.8 Å². The van der Waals surface area contributed by atoms with E-state index in [2.05, 4.69) is 10.4 Å². The Hall–Kier alpha value is -4.82. The Bertz CT molecular complexity index is 1730. The van der Waals surface area contributed by atoms with Crippen molar-refractivity contribution in [3.63, 3.8) is 0 Å². The van der Waals surface area contributed by atoms with Crippen LogP contribution in [0.1, 0.15) is 40.2 Å². The van der Waals surface area contributed by atoms with Crippen LogP contribution in [0.25, 0.3) is 10.8 Å². The maximum absolute atomic E-state index is 14.6. The molecule has 50 heavy (non-hydrogen) atoms. The monoisotopic (exact) mass is 714 g/mol. The molecule has 2 unspecified atom stereocenters. The van der Waals surface area contributed by atoms with Crippen LogP contribution >= 0.6 is 7.75 Å². The number of carbonyl (C=O) groups excluding carboxylic acids is 5. The molecule has 1 aliphatic heterocycles. The first-order valence-electron chi connectivity index (χ1n) is 15.6. The number of amides is 1. The molecule has 15 nitrogen and oxygen atoms in total. The minimum Gasteiger partial charge on any atom is -0.460 e. The molecule has 1 fully saturated rings. The maximum Gasteiger partial charge on any atom is 0.459 e. The van der Waals surface area contributed by atoms with Gasteiger partial charge in [-0.3, -0.25) is 28.5 Å². The SMILES string of the molecule is CC(=O)N[C@@H]1C(OC(C)=O)O[C@H](COP(=O)(N[C@@H](C)C(=O)OCc2ccccc2)Oc2cccc3ccccc23)[C@@H](OC(C)=O)[C@@H]1OC(C)=O. The largest absolute Gasteiger partial charge is 0.460 e. The molecule has 0 bridgehead atoms. The number of esters is 4.